The number of methoxy groups -OCH3 is 1. The fourth-order valence-electron chi connectivity index (χ4n) is 2.64. The largest absolute Gasteiger partial charge is 0.493 e. The smallest absolute Gasteiger partial charge is 0.338 e. The van der Waals surface area contributed by atoms with Crippen LogP contribution in [-0.4, -0.2) is 44.7 Å². The van der Waals surface area contributed by atoms with Gasteiger partial charge in [0.1, 0.15) is 0 Å². The average Bonchev–Trinajstić information content (AvgIpc) is 2.76. The summed E-state index contributed by atoms with van der Waals surface area (Å²) in [7, 11) is 1.44. The standard InChI is InChI=1S/C23H27ClN2O6/c1-5-25-22(28)15-7-6-8-17(9-15)26-20(27)13-32-23(29)16-10-18(24)21(19(11-16)30-4)31-12-14(2)3/h6-11,14H,5,12-13H2,1-4H3,(H,25,28)(H,26,27). The number of hydrogen-bond donors (Lipinski definition) is 2. The number of benzene rings is 2. The van der Waals surface area contributed by atoms with Crippen LogP contribution in [0.15, 0.2) is 36.4 Å². The Morgan fingerprint density at radius 3 is 2.50 bits per heavy atom. The van der Waals surface area contributed by atoms with Crippen molar-refractivity contribution in [3.05, 3.63) is 52.5 Å². The fraction of sp³-hybridized carbons (Fsp3) is 0.348. The molecule has 2 N–H and O–H groups in total. The van der Waals surface area contributed by atoms with E-state index in [4.69, 9.17) is 25.8 Å². The summed E-state index contributed by atoms with van der Waals surface area (Å²) in [6.07, 6.45) is 0. The van der Waals surface area contributed by atoms with Gasteiger partial charge < -0.3 is 24.8 Å². The molecule has 0 aliphatic rings. The highest BCUT2D eigenvalue weighted by atomic mass is 35.5. The van der Waals surface area contributed by atoms with Gasteiger partial charge in [-0.1, -0.05) is 31.5 Å². The molecule has 2 rings (SSSR count). The quantitative estimate of drug-likeness (QED) is 0.518. The number of carbonyl (C=O) groups excluding carboxylic acids is 3. The molecule has 0 radical (unpaired) electrons. The number of carbonyl (C=O) groups is 3. The van der Waals surface area contributed by atoms with Crippen molar-refractivity contribution in [1.82, 2.24) is 5.32 Å². The van der Waals surface area contributed by atoms with Crippen LogP contribution in [0.3, 0.4) is 0 Å². The maximum atomic E-state index is 12.4. The molecule has 0 saturated carbocycles. The summed E-state index contributed by atoms with van der Waals surface area (Å²) >= 11 is 6.25. The maximum Gasteiger partial charge on any atom is 0.338 e. The Hall–Kier alpha value is -3.26. The molecule has 0 saturated heterocycles. The van der Waals surface area contributed by atoms with Crippen LogP contribution in [0.1, 0.15) is 41.5 Å². The summed E-state index contributed by atoms with van der Waals surface area (Å²) in [4.78, 5) is 36.5. The Kier molecular flexibility index (Phi) is 9.34. The van der Waals surface area contributed by atoms with Gasteiger partial charge in [0.2, 0.25) is 0 Å². The zero-order valence-corrected chi connectivity index (χ0v) is 19.2. The van der Waals surface area contributed by atoms with Crippen molar-refractivity contribution in [2.45, 2.75) is 20.8 Å². The third-order valence-electron chi connectivity index (χ3n) is 4.11. The van der Waals surface area contributed by atoms with Gasteiger partial charge in [-0.15, -0.1) is 0 Å². The number of esters is 1. The Morgan fingerprint density at radius 2 is 1.84 bits per heavy atom. The molecule has 0 aliphatic carbocycles. The van der Waals surface area contributed by atoms with Crippen LogP contribution in [0, 0.1) is 5.92 Å². The summed E-state index contributed by atoms with van der Waals surface area (Å²) in [5.41, 5.74) is 0.934. The van der Waals surface area contributed by atoms with E-state index in [1.54, 1.807) is 18.2 Å². The van der Waals surface area contributed by atoms with Gasteiger partial charge in [-0.05, 0) is 43.2 Å². The molecule has 0 fully saturated rings. The van der Waals surface area contributed by atoms with E-state index >= 15 is 0 Å². The molecule has 0 atom stereocenters. The molecule has 0 heterocycles. The molecule has 32 heavy (non-hydrogen) atoms. The van der Waals surface area contributed by atoms with Gasteiger partial charge in [0, 0.05) is 17.8 Å². The summed E-state index contributed by atoms with van der Waals surface area (Å²) in [6, 6.07) is 9.28. The van der Waals surface area contributed by atoms with Crippen molar-refractivity contribution in [3.8, 4) is 11.5 Å². The van der Waals surface area contributed by atoms with Crippen molar-refractivity contribution in [1.29, 1.82) is 0 Å². The lowest BCUT2D eigenvalue weighted by atomic mass is 10.2. The molecule has 9 heteroatoms. The lowest BCUT2D eigenvalue weighted by molar-refractivity contribution is -0.119. The van der Waals surface area contributed by atoms with Crippen molar-refractivity contribution < 1.29 is 28.6 Å². The van der Waals surface area contributed by atoms with Crippen LogP contribution in [-0.2, 0) is 9.53 Å². The molecule has 0 unspecified atom stereocenters. The van der Waals surface area contributed by atoms with E-state index in [9.17, 15) is 14.4 Å². The maximum absolute atomic E-state index is 12.4. The normalized spacial score (nSPS) is 10.4. The van der Waals surface area contributed by atoms with Crippen LogP contribution < -0.4 is 20.1 Å². The molecule has 0 aromatic heterocycles. The van der Waals surface area contributed by atoms with Gasteiger partial charge in [-0.2, -0.15) is 0 Å². The van der Waals surface area contributed by atoms with Gasteiger partial charge >= 0.3 is 5.97 Å². The summed E-state index contributed by atoms with van der Waals surface area (Å²) in [6.45, 7) is 6.20. The number of nitrogens with one attached hydrogen (secondary N) is 2. The van der Waals surface area contributed by atoms with Gasteiger partial charge in [0.15, 0.2) is 18.1 Å². The molecule has 2 amide bonds. The summed E-state index contributed by atoms with van der Waals surface area (Å²) < 4.78 is 16.0. The zero-order chi connectivity index (χ0) is 23.7. The van der Waals surface area contributed by atoms with Crippen LogP contribution in [0.4, 0.5) is 5.69 Å². The highest BCUT2D eigenvalue weighted by Crippen LogP contribution is 2.36. The second-order valence-electron chi connectivity index (χ2n) is 7.26. The monoisotopic (exact) mass is 462 g/mol. The highest BCUT2D eigenvalue weighted by Gasteiger charge is 2.18. The molecule has 172 valence electrons. The first-order valence-electron chi connectivity index (χ1n) is 10.1. The van der Waals surface area contributed by atoms with Crippen molar-refractivity contribution >= 4 is 35.1 Å². The Labute approximate surface area is 192 Å². The fourth-order valence-corrected chi connectivity index (χ4v) is 2.91. The molecule has 2 aromatic rings. The van der Waals surface area contributed by atoms with E-state index in [1.165, 1.54) is 25.3 Å². The second-order valence-corrected chi connectivity index (χ2v) is 7.67. The summed E-state index contributed by atoms with van der Waals surface area (Å²) in [5, 5.41) is 5.47. The lowest BCUT2D eigenvalue weighted by Gasteiger charge is -2.15. The minimum atomic E-state index is -0.744. The Bertz CT molecular complexity index is 977. The van der Waals surface area contributed by atoms with Gasteiger partial charge in [-0.3, -0.25) is 9.59 Å². The molecule has 8 nitrogen and oxygen atoms in total. The lowest BCUT2D eigenvalue weighted by Crippen LogP contribution is -2.23. The van der Waals surface area contributed by atoms with Crippen LogP contribution in [0.2, 0.25) is 5.02 Å². The van der Waals surface area contributed by atoms with E-state index in [-0.39, 0.29) is 28.2 Å². The number of hydrogen-bond acceptors (Lipinski definition) is 6. The number of anilines is 1. The molecule has 0 aliphatic heterocycles. The average molecular weight is 463 g/mol. The van der Waals surface area contributed by atoms with Crippen molar-refractivity contribution in [2.24, 2.45) is 5.92 Å². The first-order valence-corrected chi connectivity index (χ1v) is 10.5. The first kappa shape index (κ1) is 25.0. The van der Waals surface area contributed by atoms with E-state index in [1.807, 2.05) is 20.8 Å². The van der Waals surface area contributed by atoms with E-state index in [2.05, 4.69) is 10.6 Å². The zero-order valence-electron chi connectivity index (χ0n) is 18.5. The van der Waals surface area contributed by atoms with Gasteiger partial charge in [0.05, 0.1) is 24.3 Å². The number of ether oxygens (including phenoxy) is 3. The molecular weight excluding hydrogens is 436 g/mol. The van der Waals surface area contributed by atoms with E-state index in [0.717, 1.165) is 0 Å². The topological polar surface area (TPSA) is 103 Å². The van der Waals surface area contributed by atoms with Gasteiger partial charge in [0.25, 0.3) is 11.8 Å². The number of halogens is 1. The number of rotatable bonds is 10. The third kappa shape index (κ3) is 7.16. The molecule has 0 bridgehead atoms. The van der Waals surface area contributed by atoms with Crippen LogP contribution in [0.25, 0.3) is 0 Å². The van der Waals surface area contributed by atoms with Gasteiger partial charge in [-0.25, -0.2) is 4.79 Å². The highest BCUT2D eigenvalue weighted by molar-refractivity contribution is 6.32. The van der Waals surface area contributed by atoms with Crippen molar-refractivity contribution in [3.63, 3.8) is 0 Å². The molecule has 2 aromatic carbocycles. The van der Waals surface area contributed by atoms with Crippen molar-refractivity contribution in [2.75, 3.05) is 32.2 Å². The SMILES string of the molecule is CCNC(=O)c1cccc(NC(=O)COC(=O)c2cc(Cl)c(OCC(C)C)c(OC)c2)c1. The first-order chi connectivity index (χ1) is 15.2. The second kappa shape index (κ2) is 12.0. The predicted octanol–water partition coefficient (Wildman–Crippen LogP) is 3.93. The molecule has 0 spiro atoms. The predicted molar refractivity (Wildman–Crippen MR) is 122 cm³/mol. The Balaban J connectivity index is 2.00. The minimum absolute atomic E-state index is 0.120. The van der Waals surface area contributed by atoms with Crippen LogP contribution >= 0.6 is 11.6 Å². The molecular formula is C23H27ClN2O6. The number of amides is 2. The summed E-state index contributed by atoms with van der Waals surface area (Å²) in [5.74, 6) is -0.642. The Morgan fingerprint density at radius 1 is 1.09 bits per heavy atom. The third-order valence-corrected chi connectivity index (χ3v) is 4.39. The van der Waals surface area contributed by atoms with E-state index in [0.29, 0.717) is 30.2 Å². The van der Waals surface area contributed by atoms with Crippen LogP contribution in [0.5, 0.6) is 11.5 Å². The van der Waals surface area contributed by atoms with E-state index < -0.39 is 18.5 Å². The minimum Gasteiger partial charge on any atom is -0.493 e.